The monoisotopic (exact) mass is 302 g/mol. The fourth-order valence-corrected chi connectivity index (χ4v) is 2.41. The highest BCUT2D eigenvalue weighted by atomic mass is 16.5. The summed E-state index contributed by atoms with van der Waals surface area (Å²) in [6.07, 6.45) is 12.1. The van der Waals surface area contributed by atoms with Gasteiger partial charge >= 0.3 is 5.97 Å². The molecule has 1 aliphatic rings. The van der Waals surface area contributed by atoms with Gasteiger partial charge in [-0.1, -0.05) is 51.9 Å². The van der Waals surface area contributed by atoms with E-state index in [0.29, 0.717) is 0 Å². The second kappa shape index (κ2) is 15.7. The molecule has 1 fully saturated rings. The lowest BCUT2D eigenvalue weighted by Gasteiger charge is -2.17. The fourth-order valence-electron chi connectivity index (χ4n) is 2.41. The Bertz CT molecular complexity index is 222. The van der Waals surface area contributed by atoms with Crippen molar-refractivity contribution in [1.82, 2.24) is 10.8 Å². The van der Waals surface area contributed by atoms with Gasteiger partial charge < -0.3 is 15.6 Å². The molecule has 0 radical (unpaired) electrons. The third-order valence-electron chi connectivity index (χ3n) is 3.83. The minimum absolute atomic E-state index is 0.0914. The lowest BCUT2D eigenvalue weighted by Crippen LogP contribution is -2.31. The van der Waals surface area contributed by atoms with Gasteiger partial charge in [-0.25, -0.2) is 5.48 Å². The number of hydrogen-bond donors (Lipinski definition) is 4. The van der Waals surface area contributed by atoms with E-state index in [0.717, 1.165) is 38.9 Å². The van der Waals surface area contributed by atoms with Crippen LogP contribution in [0.5, 0.6) is 0 Å². The van der Waals surface area contributed by atoms with Gasteiger partial charge in [-0.05, 0) is 32.4 Å². The van der Waals surface area contributed by atoms with Crippen LogP contribution in [0, 0.1) is 5.92 Å². The highest BCUT2D eigenvalue weighted by Crippen LogP contribution is 2.10. The SMILES string of the molecule is CCCCCCCCCCNO.O=C(O)C1CCNCC1. The topological polar surface area (TPSA) is 81.6 Å². The van der Waals surface area contributed by atoms with Crippen molar-refractivity contribution < 1.29 is 15.1 Å². The molecule has 0 aromatic heterocycles. The summed E-state index contributed by atoms with van der Waals surface area (Å²) in [5.41, 5.74) is 2.18. The molecule has 0 saturated carbocycles. The maximum atomic E-state index is 10.3. The Hall–Kier alpha value is -0.650. The van der Waals surface area contributed by atoms with Crippen molar-refractivity contribution in [1.29, 1.82) is 0 Å². The van der Waals surface area contributed by atoms with Crippen molar-refractivity contribution in [2.75, 3.05) is 19.6 Å². The molecule has 0 bridgehead atoms. The molecule has 0 aromatic rings. The lowest BCUT2D eigenvalue weighted by atomic mass is 9.99. The highest BCUT2D eigenvalue weighted by Gasteiger charge is 2.18. The first kappa shape index (κ1) is 20.3. The van der Waals surface area contributed by atoms with Crippen LogP contribution in [0.4, 0.5) is 0 Å². The summed E-state index contributed by atoms with van der Waals surface area (Å²) in [5.74, 6) is -0.734. The van der Waals surface area contributed by atoms with Gasteiger partial charge in [0.2, 0.25) is 0 Å². The molecular formula is C16H34N2O3. The minimum Gasteiger partial charge on any atom is -0.481 e. The predicted molar refractivity (Wildman–Crippen MR) is 85.6 cm³/mol. The van der Waals surface area contributed by atoms with Crippen LogP contribution in [0.1, 0.15) is 71.1 Å². The van der Waals surface area contributed by atoms with Crippen LogP contribution in [0.15, 0.2) is 0 Å². The molecule has 0 spiro atoms. The first-order valence-electron chi connectivity index (χ1n) is 8.52. The van der Waals surface area contributed by atoms with E-state index in [9.17, 15) is 4.79 Å². The lowest BCUT2D eigenvalue weighted by molar-refractivity contribution is -0.142. The van der Waals surface area contributed by atoms with Crippen molar-refractivity contribution in [3.8, 4) is 0 Å². The van der Waals surface area contributed by atoms with Crippen LogP contribution in [-0.2, 0) is 4.79 Å². The third kappa shape index (κ3) is 14.1. The van der Waals surface area contributed by atoms with Crippen molar-refractivity contribution >= 4 is 5.97 Å². The van der Waals surface area contributed by atoms with E-state index in [4.69, 9.17) is 10.3 Å². The Balaban J connectivity index is 0.000000394. The molecule has 21 heavy (non-hydrogen) atoms. The average Bonchev–Trinajstić information content (AvgIpc) is 2.51. The second-order valence-corrected chi connectivity index (χ2v) is 5.75. The van der Waals surface area contributed by atoms with Gasteiger partial charge in [-0.15, -0.1) is 0 Å². The molecule has 0 atom stereocenters. The Labute approximate surface area is 129 Å². The molecule has 0 aromatic carbocycles. The van der Waals surface area contributed by atoms with E-state index < -0.39 is 5.97 Å². The molecule has 1 heterocycles. The van der Waals surface area contributed by atoms with Gasteiger partial charge in [0.05, 0.1) is 5.92 Å². The second-order valence-electron chi connectivity index (χ2n) is 5.75. The van der Waals surface area contributed by atoms with E-state index >= 15 is 0 Å². The number of carboxylic acid groups (broad SMARTS) is 1. The van der Waals surface area contributed by atoms with Crippen molar-refractivity contribution in [3.05, 3.63) is 0 Å². The van der Waals surface area contributed by atoms with E-state index in [2.05, 4.69) is 17.7 Å². The van der Waals surface area contributed by atoms with Crippen molar-refractivity contribution in [3.63, 3.8) is 0 Å². The number of nitrogens with one attached hydrogen (secondary N) is 2. The van der Waals surface area contributed by atoms with Gasteiger partial charge in [0.25, 0.3) is 0 Å². The summed E-state index contributed by atoms with van der Waals surface area (Å²) in [6.45, 7) is 4.70. The van der Waals surface area contributed by atoms with E-state index in [1.165, 1.54) is 44.9 Å². The number of hydroxylamine groups is 1. The smallest absolute Gasteiger partial charge is 0.306 e. The zero-order chi connectivity index (χ0) is 15.8. The van der Waals surface area contributed by atoms with Gasteiger partial charge in [0.15, 0.2) is 0 Å². The number of rotatable bonds is 10. The molecule has 0 amide bonds. The van der Waals surface area contributed by atoms with E-state index in [1.54, 1.807) is 0 Å². The summed E-state index contributed by atoms with van der Waals surface area (Å²) >= 11 is 0. The Kier molecular flexibility index (Phi) is 15.2. The summed E-state index contributed by atoms with van der Waals surface area (Å²) < 4.78 is 0. The minimum atomic E-state index is -0.642. The predicted octanol–water partition coefficient (Wildman–Crippen LogP) is 3.18. The van der Waals surface area contributed by atoms with Gasteiger partial charge in [0, 0.05) is 6.54 Å². The summed E-state index contributed by atoms with van der Waals surface area (Å²) in [6, 6.07) is 0. The van der Waals surface area contributed by atoms with Crippen LogP contribution in [0.3, 0.4) is 0 Å². The van der Waals surface area contributed by atoms with Gasteiger partial charge in [0.1, 0.15) is 0 Å². The number of carboxylic acids is 1. The Morgan fingerprint density at radius 1 is 1.05 bits per heavy atom. The van der Waals surface area contributed by atoms with E-state index in [-0.39, 0.29) is 5.92 Å². The normalized spacial score (nSPS) is 15.3. The molecule has 5 nitrogen and oxygen atoms in total. The number of unbranched alkanes of at least 4 members (excludes halogenated alkanes) is 7. The quantitative estimate of drug-likeness (QED) is 0.368. The number of hydrogen-bond acceptors (Lipinski definition) is 4. The molecule has 0 unspecified atom stereocenters. The highest BCUT2D eigenvalue weighted by molar-refractivity contribution is 5.70. The maximum Gasteiger partial charge on any atom is 0.306 e. The Morgan fingerprint density at radius 2 is 1.57 bits per heavy atom. The maximum absolute atomic E-state index is 10.3. The molecule has 4 N–H and O–H groups in total. The largest absolute Gasteiger partial charge is 0.481 e. The summed E-state index contributed by atoms with van der Waals surface area (Å²) in [7, 11) is 0. The summed E-state index contributed by atoms with van der Waals surface area (Å²) in [4.78, 5) is 10.3. The van der Waals surface area contributed by atoms with Crippen molar-refractivity contribution in [2.24, 2.45) is 5.92 Å². The molecule has 1 rings (SSSR count). The molecule has 1 aliphatic heterocycles. The molecular weight excluding hydrogens is 268 g/mol. The molecule has 1 saturated heterocycles. The van der Waals surface area contributed by atoms with Gasteiger partial charge in [-0.3, -0.25) is 4.79 Å². The zero-order valence-electron chi connectivity index (χ0n) is 13.6. The van der Waals surface area contributed by atoms with Gasteiger partial charge in [-0.2, -0.15) is 0 Å². The van der Waals surface area contributed by atoms with Crippen LogP contribution in [0.25, 0.3) is 0 Å². The molecule has 0 aliphatic carbocycles. The van der Waals surface area contributed by atoms with Crippen LogP contribution < -0.4 is 10.8 Å². The molecule has 126 valence electrons. The number of piperidine rings is 1. The van der Waals surface area contributed by atoms with Crippen molar-refractivity contribution in [2.45, 2.75) is 71.1 Å². The Morgan fingerprint density at radius 3 is 2.00 bits per heavy atom. The average molecular weight is 302 g/mol. The number of aliphatic carboxylic acids is 1. The third-order valence-corrected chi connectivity index (χ3v) is 3.83. The first-order chi connectivity index (χ1) is 10.2. The summed E-state index contributed by atoms with van der Waals surface area (Å²) in [5, 5.41) is 19.9. The van der Waals surface area contributed by atoms with Crippen LogP contribution in [-0.4, -0.2) is 35.9 Å². The standard InChI is InChI=1S/C10H23NO.C6H11NO2/c1-2-3-4-5-6-7-8-9-10-11-12;8-6(9)5-1-3-7-4-2-5/h11-12H,2-10H2,1H3;5,7H,1-4H2,(H,8,9). The zero-order valence-corrected chi connectivity index (χ0v) is 13.6. The number of carbonyl (C=O) groups is 1. The van der Waals surface area contributed by atoms with E-state index in [1.807, 2.05) is 0 Å². The van der Waals surface area contributed by atoms with Crippen LogP contribution >= 0.6 is 0 Å². The fraction of sp³-hybridized carbons (Fsp3) is 0.938. The first-order valence-corrected chi connectivity index (χ1v) is 8.52. The molecule has 5 heteroatoms. The van der Waals surface area contributed by atoms with Crippen LogP contribution in [0.2, 0.25) is 0 Å².